The quantitative estimate of drug-likeness (QED) is 0.239. The fraction of sp³-hybridized carbons (Fsp3) is 0.0938. The van der Waals surface area contributed by atoms with Crippen LogP contribution in [0.2, 0.25) is 19.6 Å². The highest BCUT2D eigenvalue weighted by molar-refractivity contribution is 6.88. The van der Waals surface area contributed by atoms with Gasteiger partial charge in [-0.3, -0.25) is 4.98 Å². The van der Waals surface area contributed by atoms with Crippen molar-refractivity contribution in [3.63, 3.8) is 0 Å². The molecule has 2 aromatic heterocycles. The first-order valence-electron chi connectivity index (χ1n) is 12.2. The molecule has 3 heteroatoms. The Morgan fingerprint density at radius 3 is 2.09 bits per heavy atom. The van der Waals surface area contributed by atoms with Gasteiger partial charge in [0.1, 0.15) is 0 Å². The normalized spacial score (nSPS) is 11.9. The first kappa shape index (κ1) is 21.6. The fourth-order valence-electron chi connectivity index (χ4n) is 4.98. The molecule has 0 saturated carbocycles. The van der Waals surface area contributed by atoms with Crippen LogP contribution in [0.25, 0.3) is 49.9 Å². The molecule has 0 atom stereocenters. The van der Waals surface area contributed by atoms with Gasteiger partial charge >= 0.3 is 0 Å². The van der Waals surface area contributed by atoms with Crippen LogP contribution in [-0.2, 0) is 0 Å². The van der Waals surface area contributed by atoms with Gasteiger partial charge in [0.05, 0.1) is 24.8 Å². The van der Waals surface area contributed by atoms with E-state index in [1.165, 1.54) is 32.6 Å². The zero-order valence-electron chi connectivity index (χ0n) is 20.4. The summed E-state index contributed by atoms with van der Waals surface area (Å²) in [6.07, 6.45) is 1.95. The molecule has 4 aromatic carbocycles. The van der Waals surface area contributed by atoms with Crippen molar-refractivity contribution in [1.29, 1.82) is 0 Å². The molecular weight excluding hydrogens is 440 g/mol. The van der Waals surface area contributed by atoms with Gasteiger partial charge in [0, 0.05) is 28.2 Å². The Morgan fingerprint density at radius 2 is 1.31 bits per heavy atom. The molecule has 0 N–H and O–H groups in total. The maximum absolute atomic E-state index is 4.92. The highest BCUT2D eigenvalue weighted by Crippen LogP contribution is 2.37. The lowest BCUT2D eigenvalue weighted by Gasteiger charge is -2.17. The summed E-state index contributed by atoms with van der Waals surface area (Å²) in [7, 11) is -1.37. The zero-order valence-corrected chi connectivity index (χ0v) is 21.4. The number of rotatable bonds is 4. The minimum absolute atomic E-state index is 1.02. The Bertz CT molecular complexity index is 1660. The van der Waals surface area contributed by atoms with Gasteiger partial charge < -0.3 is 4.57 Å². The van der Waals surface area contributed by atoms with Crippen LogP contribution in [0.15, 0.2) is 115 Å². The second-order valence-corrected chi connectivity index (χ2v) is 15.2. The second-order valence-electron chi connectivity index (χ2n) is 10.2. The average Bonchev–Trinajstić information content (AvgIpc) is 3.24. The minimum atomic E-state index is -1.37. The number of nitrogens with zero attached hydrogens (tertiary/aromatic N) is 2. The lowest BCUT2D eigenvalue weighted by atomic mass is 10.0. The van der Waals surface area contributed by atoms with Crippen molar-refractivity contribution < 1.29 is 0 Å². The predicted molar refractivity (Wildman–Crippen MR) is 152 cm³/mol. The van der Waals surface area contributed by atoms with Crippen LogP contribution >= 0.6 is 0 Å². The predicted octanol–water partition coefficient (Wildman–Crippen LogP) is 8.06. The molecular formula is C32H28N2Si. The van der Waals surface area contributed by atoms with E-state index in [0.29, 0.717) is 0 Å². The first-order valence-corrected chi connectivity index (χ1v) is 15.7. The fourth-order valence-corrected chi connectivity index (χ4v) is 6.14. The van der Waals surface area contributed by atoms with Gasteiger partial charge in [-0.15, -0.1) is 0 Å². The topological polar surface area (TPSA) is 17.8 Å². The van der Waals surface area contributed by atoms with Crippen LogP contribution in [0.3, 0.4) is 0 Å². The number of hydrogen-bond acceptors (Lipinski definition) is 1. The van der Waals surface area contributed by atoms with E-state index in [1.54, 1.807) is 0 Å². The van der Waals surface area contributed by atoms with Gasteiger partial charge in [-0.2, -0.15) is 0 Å². The number of para-hydroxylation sites is 1. The summed E-state index contributed by atoms with van der Waals surface area (Å²) in [5.74, 6) is 0. The van der Waals surface area contributed by atoms with E-state index in [2.05, 4.69) is 133 Å². The molecule has 0 bridgehead atoms. The Labute approximate surface area is 207 Å². The molecule has 0 aliphatic carbocycles. The van der Waals surface area contributed by atoms with E-state index >= 15 is 0 Å². The molecule has 6 rings (SSSR count). The van der Waals surface area contributed by atoms with Crippen LogP contribution < -0.4 is 5.19 Å². The Morgan fingerprint density at radius 1 is 0.600 bits per heavy atom. The molecule has 6 aromatic rings. The van der Waals surface area contributed by atoms with Gasteiger partial charge in [-0.05, 0) is 35.4 Å². The maximum atomic E-state index is 4.92. The molecule has 0 fully saturated rings. The highest BCUT2D eigenvalue weighted by atomic mass is 28.3. The average molecular weight is 469 g/mol. The van der Waals surface area contributed by atoms with E-state index in [1.807, 2.05) is 6.20 Å². The standard InChI is InChI=1S/C32H28N2Si/c1-35(2,3)27-18-16-24(17-19-27)31-32-29(20-21-33-31)28-14-7-8-15-30(28)34(32)26-13-9-12-25(22-26)23-10-5-4-6-11-23/h4-22H,1-3H3. The molecule has 0 unspecified atom stereocenters. The summed E-state index contributed by atoms with van der Waals surface area (Å²) in [4.78, 5) is 4.92. The Balaban J connectivity index is 1.63. The number of fused-ring (bicyclic) bond motifs is 3. The lowest BCUT2D eigenvalue weighted by molar-refractivity contribution is 1.17. The van der Waals surface area contributed by atoms with Crippen molar-refractivity contribution in [3.05, 3.63) is 115 Å². The van der Waals surface area contributed by atoms with Crippen molar-refractivity contribution in [2.45, 2.75) is 19.6 Å². The van der Waals surface area contributed by atoms with E-state index in [9.17, 15) is 0 Å². The van der Waals surface area contributed by atoms with Crippen molar-refractivity contribution in [1.82, 2.24) is 9.55 Å². The van der Waals surface area contributed by atoms with Crippen molar-refractivity contribution in [2.75, 3.05) is 0 Å². The van der Waals surface area contributed by atoms with Crippen molar-refractivity contribution in [2.24, 2.45) is 0 Å². The van der Waals surface area contributed by atoms with Crippen molar-refractivity contribution >= 4 is 35.1 Å². The van der Waals surface area contributed by atoms with Gasteiger partial charge in [0.25, 0.3) is 0 Å². The highest BCUT2D eigenvalue weighted by Gasteiger charge is 2.19. The minimum Gasteiger partial charge on any atom is -0.307 e. The van der Waals surface area contributed by atoms with Gasteiger partial charge in [0.15, 0.2) is 0 Å². The van der Waals surface area contributed by atoms with E-state index < -0.39 is 8.07 Å². The Hall–Kier alpha value is -3.95. The summed E-state index contributed by atoms with van der Waals surface area (Å²) in [6, 6.07) is 39.3. The summed E-state index contributed by atoms with van der Waals surface area (Å²) >= 11 is 0. The van der Waals surface area contributed by atoms with E-state index in [-0.39, 0.29) is 0 Å². The van der Waals surface area contributed by atoms with Crippen LogP contribution in [0, 0.1) is 0 Å². The number of hydrogen-bond donors (Lipinski definition) is 0. The summed E-state index contributed by atoms with van der Waals surface area (Å²) in [6.45, 7) is 7.16. The number of aromatic nitrogens is 2. The molecule has 2 nitrogen and oxygen atoms in total. The molecule has 0 spiro atoms. The number of pyridine rings is 1. The van der Waals surface area contributed by atoms with Gasteiger partial charge in [0.2, 0.25) is 0 Å². The SMILES string of the molecule is C[Si](C)(C)c1ccc(-c2nccc3c4ccccc4n(-c4cccc(-c5ccccc5)c4)c23)cc1. The molecule has 0 aliphatic rings. The third-order valence-electron chi connectivity index (χ3n) is 6.82. The van der Waals surface area contributed by atoms with Crippen LogP contribution in [0.5, 0.6) is 0 Å². The molecule has 35 heavy (non-hydrogen) atoms. The third-order valence-corrected chi connectivity index (χ3v) is 8.88. The first-order chi connectivity index (χ1) is 17.0. The molecule has 0 radical (unpaired) electrons. The Kier molecular flexibility index (Phi) is 5.16. The monoisotopic (exact) mass is 468 g/mol. The van der Waals surface area contributed by atoms with Crippen molar-refractivity contribution in [3.8, 4) is 28.1 Å². The summed E-state index contributed by atoms with van der Waals surface area (Å²) in [5, 5.41) is 3.93. The van der Waals surface area contributed by atoms with Gasteiger partial charge in [-0.25, -0.2) is 0 Å². The second kappa shape index (κ2) is 8.37. The number of benzene rings is 4. The smallest absolute Gasteiger partial charge is 0.0948 e. The van der Waals surface area contributed by atoms with Gasteiger partial charge in [-0.1, -0.05) is 110 Å². The summed E-state index contributed by atoms with van der Waals surface area (Å²) < 4.78 is 2.38. The molecule has 0 amide bonds. The van der Waals surface area contributed by atoms with Crippen LogP contribution in [0.4, 0.5) is 0 Å². The third kappa shape index (κ3) is 3.78. The zero-order chi connectivity index (χ0) is 24.0. The molecule has 0 saturated heterocycles. The summed E-state index contributed by atoms with van der Waals surface area (Å²) in [5.41, 5.74) is 8.09. The molecule has 170 valence electrons. The van der Waals surface area contributed by atoms with E-state index in [0.717, 1.165) is 22.5 Å². The molecule has 2 heterocycles. The lowest BCUT2D eigenvalue weighted by Crippen LogP contribution is -2.37. The van der Waals surface area contributed by atoms with Crippen LogP contribution in [-0.4, -0.2) is 17.6 Å². The largest absolute Gasteiger partial charge is 0.307 e. The van der Waals surface area contributed by atoms with Crippen LogP contribution in [0.1, 0.15) is 0 Å². The maximum Gasteiger partial charge on any atom is 0.0948 e. The van der Waals surface area contributed by atoms with E-state index in [4.69, 9.17) is 4.98 Å². The molecule has 0 aliphatic heterocycles.